The first-order valence-electron chi connectivity index (χ1n) is 6.07. The van der Waals surface area contributed by atoms with Crippen molar-refractivity contribution in [2.75, 3.05) is 11.9 Å². The molecular weight excluding hydrogens is 326 g/mol. The van der Waals surface area contributed by atoms with Gasteiger partial charge in [0.05, 0.1) is 20.8 Å². The minimum atomic E-state index is -0.456. The van der Waals surface area contributed by atoms with Crippen LogP contribution in [0.1, 0.15) is 18.3 Å². The fourth-order valence-corrected chi connectivity index (χ4v) is 2.10. The third-order valence-corrected chi connectivity index (χ3v) is 3.96. The van der Waals surface area contributed by atoms with Crippen molar-refractivity contribution in [3.63, 3.8) is 0 Å². The topological polar surface area (TPSA) is 85.9 Å². The van der Waals surface area contributed by atoms with Crippen molar-refractivity contribution in [1.82, 2.24) is 14.8 Å². The van der Waals surface area contributed by atoms with Crippen molar-refractivity contribution < 1.29 is 4.92 Å². The maximum absolute atomic E-state index is 11.2. The van der Waals surface area contributed by atoms with Gasteiger partial charge in [-0.25, -0.2) is 9.67 Å². The number of nitro groups is 1. The Morgan fingerprint density at radius 2 is 2.15 bits per heavy atom. The quantitative estimate of drug-likeness (QED) is 0.683. The molecule has 0 fully saturated rings. The molecule has 2 aromatic rings. The zero-order chi connectivity index (χ0) is 14.9. The first-order valence-corrected chi connectivity index (χ1v) is 6.86. The summed E-state index contributed by atoms with van der Waals surface area (Å²) in [5, 5.41) is 18.5. The Morgan fingerprint density at radius 1 is 1.45 bits per heavy atom. The summed E-state index contributed by atoms with van der Waals surface area (Å²) in [6, 6.07) is 3.02. The van der Waals surface area contributed by atoms with Crippen LogP contribution in [0.25, 0.3) is 5.82 Å². The molecule has 20 heavy (non-hydrogen) atoms. The summed E-state index contributed by atoms with van der Waals surface area (Å²) >= 11 is 3.41. The van der Waals surface area contributed by atoms with Crippen LogP contribution < -0.4 is 5.32 Å². The fourth-order valence-electron chi connectivity index (χ4n) is 1.85. The van der Waals surface area contributed by atoms with Crippen molar-refractivity contribution in [1.29, 1.82) is 0 Å². The number of hydrogen-bond acceptors (Lipinski definition) is 5. The Balaban J connectivity index is 2.65. The van der Waals surface area contributed by atoms with Crippen LogP contribution in [0.2, 0.25) is 0 Å². The van der Waals surface area contributed by atoms with Crippen molar-refractivity contribution >= 4 is 27.4 Å². The Bertz CT molecular complexity index is 668. The van der Waals surface area contributed by atoms with Gasteiger partial charge in [0.15, 0.2) is 0 Å². The predicted octanol–water partition coefficient (Wildman–Crippen LogP) is 2.99. The summed E-state index contributed by atoms with van der Waals surface area (Å²) in [6.07, 6.45) is 0. The van der Waals surface area contributed by atoms with E-state index in [2.05, 4.69) is 31.3 Å². The Kier molecular flexibility index (Phi) is 4.03. The van der Waals surface area contributed by atoms with E-state index in [1.54, 1.807) is 6.07 Å². The summed E-state index contributed by atoms with van der Waals surface area (Å²) in [5.41, 5.74) is 1.45. The average Bonchev–Trinajstić information content (AvgIpc) is 2.66. The largest absolute Gasteiger partial charge is 0.370 e. The number of nitrogens with one attached hydrogen (secondary N) is 1. The molecule has 0 saturated carbocycles. The molecule has 2 rings (SSSR count). The summed E-state index contributed by atoms with van der Waals surface area (Å²) < 4.78 is 2.31. The molecular formula is C12H14BrN5O2. The molecule has 106 valence electrons. The lowest BCUT2D eigenvalue weighted by Gasteiger charge is -2.08. The van der Waals surface area contributed by atoms with E-state index in [-0.39, 0.29) is 11.5 Å². The van der Waals surface area contributed by atoms with Crippen LogP contribution in [-0.4, -0.2) is 26.2 Å². The van der Waals surface area contributed by atoms with Gasteiger partial charge in [-0.2, -0.15) is 5.10 Å². The average molecular weight is 340 g/mol. The van der Waals surface area contributed by atoms with E-state index in [0.717, 1.165) is 15.9 Å². The van der Waals surface area contributed by atoms with E-state index in [1.807, 2.05) is 20.8 Å². The highest BCUT2D eigenvalue weighted by atomic mass is 79.9. The highest BCUT2D eigenvalue weighted by Crippen LogP contribution is 2.28. The van der Waals surface area contributed by atoms with Gasteiger partial charge in [0.1, 0.15) is 5.82 Å². The third kappa shape index (κ3) is 2.51. The normalized spacial score (nSPS) is 10.6. The maximum atomic E-state index is 11.2. The Morgan fingerprint density at radius 3 is 2.65 bits per heavy atom. The van der Waals surface area contributed by atoms with Crippen LogP contribution in [-0.2, 0) is 0 Å². The van der Waals surface area contributed by atoms with Gasteiger partial charge in [-0.05, 0) is 42.8 Å². The SMILES string of the molecule is CCNc1ccc([N+](=O)[O-])c(-n2nc(C)c(Br)c2C)n1. The fraction of sp³-hybridized carbons (Fsp3) is 0.333. The van der Waals surface area contributed by atoms with E-state index in [1.165, 1.54) is 10.7 Å². The second kappa shape index (κ2) is 5.58. The number of nitrogens with zero attached hydrogens (tertiary/aromatic N) is 4. The van der Waals surface area contributed by atoms with Crippen molar-refractivity contribution in [2.24, 2.45) is 0 Å². The van der Waals surface area contributed by atoms with Gasteiger partial charge in [0.25, 0.3) is 0 Å². The van der Waals surface area contributed by atoms with Crippen LogP contribution in [0.5, 0.6) is 0 Å². The molecule has 0 aromatic carbocycles. The molecule has 0 unspecified atom stereocenters. The molecule has 0 amide bonds. The highest BCUT2D eigenvalue weighted by Gasteiger charge is 2.21. The molecule has 8 heteroatoms. The first-order chi connectivity index (χ1) is 9.45. The molecule has 0 spiro atoms. The smallest absolute Gasteiger partial charge is 0.313 e. The summed E-state index contributed by atoms with van der Waals surface area (Å²) in [4.78, 5) is 15.0. The van der Waals surface area contributed by atoms with Crippen LogP contribution >= 0.6 is 15.9 Å². The van der Waals surface area contributed by atoms with E-state index in [9.17, 15) is 10.1 Å². The van der Waals surface area contributed by atoms with E-state index in [4.69, 9.17) is 0 Å². The number of pyridine rings is 1. The lowest BCUT2D eigenvalue weighted by molar-refractivity contribution is -0.384. The monoisotopic (exact) mass is 339 g/mol. The second-order valence-electron chi connectivity index (χ2n) is 4.22. The molecule has 2 aromatic heterocycles. The molecule has 0 saturated heterocycles. The molecule has 0 aliphatic rings. The highest BCUT2D eigenvalue weighted by molar-refractivity contribution is 9.10. The number of halogens is 1. The van der Waals surface area contributed by atoms with Crippen LogP contribution in [0.3, 0.4) is 0 Å². The van der Waals surface area contributed by atoms with Crippen LogP contribution in [0, 0.1) is 24.0 Å². The van der Waals surface area contributed by atoms with Crippen molar-refractivity contribution in [3.05, 3.63) is 38.1 Å². The standard InChI is InChI=1S/C12H14BrN5O2/c1-4-14-10-6-5-9(18(19)20)12(15-10)17-8(3)11(13)7(2)16-17/h5-6H,4H2,1-3H3,(H,14,15). The van der Waals surface area contributed by atoms with Gasteiger partial charge in [-0.15, -0.1) is 0 Å². The number of aryl methyl sites for hydroxylation is 1. The third-order valence-electron chi connectivity index (χ3n) is 2.81. The number of aromatic nitrogens is 3. The predicted molar refractivity (Wildman–Crippen MR) is 79.4 cm³/mol. The van der Waals surface area contributed by atoms with Gasteiger partial charge in [-0.3, -0.25) is 10.1 Å². The minimum Gasteiger partial charge on any atom is -0.370 e. The lowest BCUT2D eigenvalue weighted by atomic mass is 10.3. The van der Waals surface area contributed by atoms with Crippen molar-refractivity contribution in [2.45, 2.75) is 20.8 Å². The number of rotatable bonds is 4. The summed E-state index contributed by atoms with van der Waals surface area (Å²) in [7, 11) is 0. The molecule has 1 N–H and O–H groups in total. The van der Waals surface area contributed by atoms with Gasteiger partial charge in [0.2, 0.25) is 5.82 Å². The molecule has 2 heterocycles. The number of hydrogen-bond donors (Lipinski definition) is 1. The molecule has 7 nitrogen and oxygen atoms in total. The van der Waals surface area contributed by atoms with Crippen LogP contribution in [0.15, 0.2) is 16.6 Å². The minimum absolute atomic E-state index is 0.0789. The zero-order valence-corrected chi connectivity index (χ0v) is 12.9. The van der Waals surface area contributed by atoms with Gasteiger partial charge in [-0.1, -0.05) is 0 Å². The lowest BCUT2D eigenvalue weighted by Crippen LogP contribution is -2.09. The van der Waals surface area contributed by atoms with E-state index < -0.39 is 4.92 Å². The van der Waals surface area contributed by atoms with Gasteiger partial charge in [0, 0.05) is 12.6 Å². The second-order valence-corrected chi connectivity index (χ2v) is 5.02. The van der Waals surface area contributed by atoms with Gasteiger partial charge >= 0.3 is 5.69 Å². The summed E-state index contributed by atoms with van der Waals surface area (Å²) in [5.74, 6) is 0.788. The Hall–Kier alpha value is -1.96. The van der Waals surface area contributed by atoms with Crippen molar-refractivity contribution in [3.8, 4) is 5.82 Å². The molecule has 0 atom stereocenters. The molecule has 0 aliphatic heterocycles. The zero-order valence-electron chi connectivity index (χ0n) is 11.3. The van der Waals surface area contributed by atoms with Gasteiger partial charge < -0.3 is 5.32 Å². The van der Waals surface area contributed by atoms with E-state index >= 15 is 0 Å². The molecule has 0 aliphatic carbocycles. The number of anilines is 1. The Labute approximate surface area is 124 Å². The summed E-state index contributed by atoms with van der Waals surface area (Å²) in [6.45, 7) is 6.27. The molecule has 0 bridgehead atoms. The van der Waals surface area contributed by atoms with E-state index in [0.29, 0.717) is 12.4 Å². The first kappa shape index (κ1) is 14.4. The molecule has 0 radical (unpaired) electrons. The maximum Gasteiger partial charge on any atom is 0.313 e. The van der Waals surface area contributed by atoms with Crippen LogP contribution in [0.4, 0.5) is 11.5 Å².